The van der Waals surface area contributed by atoms with Crippen molar-refractivity contribution < 1.29 is 9.90 Å². The van der Waals surface area contributed by atoms with Crippen molar-refractivity contribution in [2.24, 2.45) is 11.7 Å². The number of carbonyl (C=O) groups is 1. The molecule has 0 aromatic heterocycles. The summed E-state index contributed by atoms with van der Waals surface area (Å²) in [6.07, 6.45) is 6.88. The first-order valence-electron chi connectivity index (χ1n) is 4.33. The van der Waals surface area contributed by atoms with E-state index in [-0.39, 0.29) is 0 Å². The van der Waals surface area contributed by atoms with Crippen LogP contribution in [0.15, 0.2) is 24.8 Å². The summed E-state index contributed by atoms with van der Waals surface area (Å²) >= 11 is 0. The number of rotatable bonds is 6. The van der Waals surface area contributed by atoms with Gasteiger partial charge >= 0.3 is 5.97 Å². The Kier molecular flexibility index (Phi) is 5.89. The Morgan fingerprint density at radius 3 is 2.54 bits per heavy atom. The van der Waals surface area contributed by atoms with Crippen LogP contribution in [0.4, 0.5) is 0 Å². The fourth-order valence-corrected chi connectivity index (χ4v) is 0.751. The lowest BCUT2D eigenvalue weighted by atomic mass is 10.1. The Hall–Kier alpha value is -1.09. The molecule has 0 radical (unpaired) electrons. The van der Waals surface area contributed by atoms with E-state index in [2.05, 4.69) is 13.5 Å². The number of carboxylic acid groups (broad SMARTS) is 1. The predicted molar refractivity (Wildman–Crippen MR) is 53.3 cm³/mol. The zero-order valence-electron chi connectivity index (χ0n) is 7.94. The Bertz CT molecular complexity index is 199. The molecule has 0 aliphatic rings. The number of aliphatic carboxylic acids is 1. The minimum atomic E-state index is -0.957. The first-order chi connectivity index (χ1) is 6.07. The molecule has 0 saturated carbocycles. The largest absolute Gasteiger partial charge is 0.480 e. The van der Waals surface area contributed by atoms with Gasteiger partial charge in [0.25, 0.3) is 0 Å². The molecule has 0 fully saturated rings. The Morgan fingerprint density at radius 2 is 2.08 bits per heavy atom. The first-order valence-corrected chi connectivity index (χ1v) is 4.33. The number of allylic oxidation sites excluding steroid dienone is 2. The van der Waals surface area contributed by atoms with Gasteiger partial charge in [0, 0.05) is 0 Å². The molecule has 3 nitrogen and oxygen atoms in total. The smallest absolute Gasteiger partial charge is 0.320 e. The number of hydrogen-bond donors (Lipinski definition) is 2. The van der Waals surface area contributed by atoms with Crippen molar-refractivity contribution >= 4 is 5.97 Å². The van der Waals surface area contributed by atoms with Gasteiger partial charge in [0.1, 0.15) is 6.04 Å². The SMILES string of the molecule is C=CC(C)C/C=C/CC(N)C(=O)O. The summed E-state index contributed by atoms with van der Waals surface area (Å²) in [6, 6.07) is -0.782. The lowest BCUT2D eigenvalue weighted by molar-refractivity contribution is -0.138. The molecule has 0 saturated heterocycles. The fraction of sp³-hybridized carbons (Fsp3) is 0.500. The van der Waals surface area contributed by atoms with Crippen LogP contribution in [0.5, 0.6) is 0 Å². The molecule has 3 heteroatoms. The molecule has 0 amide bonds. The van der Waals surface area contributed by atoms with Gasteiger partial charge in [0.2, 0.25) is 0 Å². The maximum atomic E-state index is 10.3. The van der Waals surface area contributed by atoms with Crippen LogP contribution in [0, 0.1) is 5.92 Å². The minimum absolute atomic E-state index is 0.388. The molecule has 0 spiro atoms. The van der Waals surface area contributed by atoms with Crippen LogP contribution in [0.2, 0.25) is 0 Å². The predicted octanol–water partition coefficient (Wildman–Crippen LogP) is 1.56. The van der Waals surface area contributed by atoms with Gasteiger partial charge in [-0.3, -0.25) is 4.79 Å². The molecule has 0 bridgehead atoms. The van der Waals surface area contributed by atoms with E-state index in [0.29, 0.717) is 12.3 Å². The lowest BCUT2D eigenvalue weighted by Gasteiger charge is -2.01. The highest BCUT2D eigenvalue weighted by molar-refractivity contribution is 5.73. The van der Waals surface area contributed by atoms with E-state index in [9.17, 15) is 4.79 Å². The molecule has 0 aromatic carbocycles. The summed E-state index contributed by atoms with van der Waals surface area (Å²) in [7, 11) is 0. The second-order valence-corrected chi connectivity index (χ2v) is 3.10. The van der Waals surface area contributed by atoms with E-state index in [1.54, 1.807) is 6.08 Å². The zero-order valence-corrected chi connectivity index (χ0v) is 7.94. The molecule has 0 aliphatic heterocycles. The molecule has 74 valence electrons. The highest BCUT2D eigenvalue weighted by Gasteiger charge is 2.07. The number of hydrogen-bond acceptors (Lipinski definition) is 2. The highest BCUT2D eigenvalue weighted by Crippen LogP contribution is 2.03. The normalized spacial score (nSPS) is 15.5. The molecule has 3 N–H and O–H groups in total. The van der Waals surface area contributed by atoms with Crippen molar-refractivity contribution in [3.05, 3.63) is 24.8 Å². The Morgan fingerprint density at radius 1 is 1.54 bits per heavy atom. The van der Waals surface area contributed by atoms with Gasteiger partial charge in [-0.2, -0.15) is 0 Å². The summed E-state index contributed by atoms with van der Waals surface area (Å²) in [5.74, 6) is -0.529. The van der Waals surface area contributed by atoms with E-state index in [1.165, 1.54) is 0 Å². The molecule has 0 aromatic rings. The van der Waals surface area contributed by atoms with E-state index >= 15 is 0 Å². The fourth-order valence-electron chi connectivity index (χ4n) is 0.751. The molecular weight excluding hydrogens is 166 g/mol. The van der Waals surface area contributed by atoms with Crippen molar-refractivity contribution in [1.82, 2.24) is 0 Å². The second-order valence-electron chi connectivity index (χ2n) is 3.10. The van der Waals surface area contributed by atoms with Crippen molar-refractivity contribution in [2.45, 2.75) is 25.8 Å². The molecule has 2 atom stereocenters. The van der Waals surface area contributed by atoms with Gasteiger partial charge < -0.3 is 10.8 Å². The third kappa shape index (κ3) is 6.11. The van der Waals surface area contributed by atoms with Gasteiger partial charge in [0.15, 0.2) is 0 Å². The van der Waals surface area contributed by atoms with Crippen molar-refractivity contribution in [3.63, 3.8) is 0 Å². The third-order valence-electron chi connectivity index (χ3n) is 1.78. The quantitative estimate of drug-likeness (QED) is 0.614. The van der Waals surface area contributed by atoms with Crippen LogP contribution >= 0.6 is 0 Å². The monoisotopic (exact) mass is 183 g/mol. The van der Waals surface area contributed by atoms with Crippen LogP contribution < -0.4 is 5.73 Å². The van der Waals surface area contributed by atoms with Gasteiger partial charge in [-0.25, -0.2) is 0 Å². The molecule has 0 aliphatic carbocycles. The average molecular weight is 183 g/mol. The summed E-state index contributed by atoms with van der Waals surface area (Å²) < 4.78 is 0. The van der Waals surface area contributed by atoms with E-state index < -0.39 is 12.0 Å². The average Bonchev–Trinajstić information content (AvgIpc) is 2.11. The molecular formula is C10H17NO2. The maximum Gasteiger partial charge on any atom is 0.320 e. The first kappa shape index (κ1) is 11.9. The topological polar surface area (TPSA) is 63.3 Å². The standard InChI is InChI=1S/C10H17NO2/c1-3-8(2)6-4-5-7-9(11)10(12)13/h3-5,8-9H,1,6-7,11H2,2H3,(H,12,13)/b5-4+. The molecule has 2 unspecified atom stereocenters. The number of carboxylic acids is 1. The summed E-state index contributed by atoms with van der Waals surface area (Å²) in [4.78, 5) is 10.3. The van der Waals surface area contributed by atoms with Crippen LogP contribution in [-0.4, -0.2) is 17.1 Å². The van der Waals surface area contributed by atoms with Crippen molar-refractivity contribution in [3.8, 4) is 0 Å². The zero-order chi connectivity index (χ0) is 10.3. The Labute approximate surface area is 78.9 Å². The molecule has 13 heavy (non-hydrogen) atoms. The van der Waals surface area contributed by atoms with E-state index in [1.807, 2.05) is 12.2 Å². The van der Waals surface area contributed by atoms with Crippen molar-refractivity contribution in [1.29, 1.82) is 0 Å². The van der Waals surface area contributed by atoms with Crippen LogP contribution in [0.25, 0.3) is 0 Å². The maximum absolute atomic E-state index is 10.3. The van der Waals surface area contributed by atoms with Gasteiger partial charge in [-0.15, -0.1) is 6.58 Å². The highest BCUT2D eigenvalue weighted by atomic mass is 16.4. The number of nitrogens with two attached hydrogens (primary N) is 1. The third-order valence-corrected chi connectivity index (χ3v) is 1.78. The Balaban J connectivity index is 3.63. The van der Waals surface area contributed by atoms with E-state index in [4.69, 9.17) is 10.8 Å². The van der Waals surface area contributed by atoms with Crippen LogP contribution in [0.3, 0.4) is 0 Å². The molecule has 0 heterocycles. The van der Waals surface area contributed by atoms with Crippen LogP contribution in [0.1, 0.15) is 19.8 Å². The van der Waals surface area contributed by atoms with Crippen LogP contribution in [-0.2, 0) is 4.79 Å². The summed E-state index contributed by atoms with van der Waals surface area (Å²) in [6.45, 7) is 5.70. The van der Waals surface area contributed by atoms with E-state index in [0.717, 1.165) is 6.42 Å². The summed E-state index contributed by atoms with van der Waals surface area (Å²) in [5, 5.41) is 8.46. The molecule has 0 rings (SSSR count). The van der Waals surface area contributed by atoms with Gasteiger partial charge in [0.05, 0.1) is 0 Å². The minimum Gasteiger partial charge on any atom is -0.480 e. The van der Waals surface area contributed by atoms with Crippen molar-refractivity contribution in [2.75, 3.05) is 0 Å². The second kappa shape index (κ2) is 6.43. The van der Waals surface area contributed by atoms with Gasteiger partial charge in [-0.1, -0.05) is 25.2 Å². The summed E-state index contributed by atoms with van der Waals surface area (Å²) in [5.41, 5.74) is 5.29. The lowest BCUT2D eigenvalue weighted by Crippen LogP contribution is -2.29. The van der Waals surface area contributed by atoms with Gasteiger partial charge in [-0.05, 0) is 18.8 Å².